The topological polar surface area (TPSA) is 151 Å². The lowest BCUT2D eigenvalue weighted by atomic mass is 9.92. The Labute approximate surface area is 444 Å². The van der Waals surface area contributed by atoms with Crippen LogP contribution >= 0.6 is 46.6 Å². The van der Waals surface area contributed by atoms with Crippen LogP contribution in [0.2, 0.25) is 0 Å². The van der Waals surface area contributed by atoms with Crippen LogP contribution in [0.4, 0.5) is 0 Å². The molecule has 0 saturated heterocycles. The van der Waals surface area contributed by atoms with Gasteiger partial charge < -0.3 is 30.6 Å². The zero-order valence-electron chi connectivity index (χ0n) is 41.2. The van der Waals surface area contributed by atoms with Crippen molar-refractivity contribution in [3.05, 3.63) is 230 Å². The van der Waals surface area contributed by atoms with Gasteiger partial charge in [0, 0.05) is 81.8 Å². The van der Waals surface area contributed by atoms with E-state index in [0.717, 1.165) is 80.2 Å². The second-order valence-electron chi connectivity index (χ2n) is 17.6. The molecule has 2 heterocycles. The summed E-state index contributed by atoms with van der Waals surface area (Å²) in [4.78, 5) is 21.2. The number of aromatic hydroxyl groups is 6. The summed E-state index contributed by atoms with van der Waals surface area (Å²) < 4.78 is 0. The number of carbonyl (C=O) groups is 1. The summed E-state index contributed by atoms with van der Waals surface area (Å²) in [6, 6.07) is 47.0. The Morgan fingerprint density at radius 3 is 1.07 bits per heavy atom. The molecular formula is C61H57NO7S4. The number of hydrogen-bond donors (Lipinski definition) is 6. The summed E-state index contributed by atoms with van der Waals surface area (Å²) in [7, 11) is 0. The summed E-state index contributed by atoms with van der Waals surface area (Å²) in [6.07, 6.45) is 4.35. The highest BCUT2D eigenvalue weighted by molar-refractivity contribution is 7.99. The lowest BCUT2D eigenvalue weighted by Gasteiger charge is -2.16. The third kappa shape index (κ3) is 14.3. The standard InChI is InChI=1S/C22H20O3S.C20H19NO2S.C19H18O2S2/c1-14-11-18(7-9-21(14)24)26-19-8-10-22(25)20(12-19)15(2)17-5-3-16(13-23)4-6-17;1-13-11-16(3-5-19(13)22)24-17-4-6-20(23)18(12-17)14(2)15-7-9-21-10-8-15;1-12-9-15(3-5-18(12)20)23-16-4-6-19(21)17(10-16)13(2)14-7-8-22-11-14/h3-13,15,24-25H,1-2H3;3-12,14,22-23H,1-2H3;3-11,13,20-21H,1-2H3. The van der Waals surface area contributed by atoms with Crippen molar-refractivity contribution in [2.24, 2.45) is 0 Å². The number of hydrogen-bond acceptors (Lipinski definition) is 12. The third-order valence-electron chi connectivity index (χ3n) is 12.4. The van der Waals surface area contributed by atoms with Crippen LogP contribution in [0.15, 0.2) is 204 Å². The molecule has 7 aromatic carbocycles. The Bertz CT molecular complexity index is 3290. The maximum absolute atomic E-state index is 10.8. The molecule has 3 unspecified atom stereocenters. The van der Waals surface area contributed by atoms with E-state index >= 15 is 0 Å². The van der Waals surface area contributed by atoms with Gasteiger partial charge in [0.2, 0.25) is 0 Å². The molecule has 0 aliphatic rings. The van der Waals surface area contributed by atoms with Crippen LogP contribution in [-0.4, -0.2) is 41.9 Å². The quantitative estimate of drug-likeness (QED) is 0.0612. The number of benzene rings is 7. The number of thiophene rings is 1. The van der Waals surface area contributed by atoms with Gasteiger partial charge in [0.25, 0.3) is 0 Å². The van der Waals surface area contributed by atoms with Crippen LogP contribution < -0.4 is 0 Å². The average molecular weight is 1040 g/mol. The van der Waals surface area contributed by atoms with Crippen molar-refractivity contribution in [1.82, 2.24) is 4.98 Å². The highest BCUT2D eigenvalue weighted by Crippen LogP contribution is 2.41. The van der Waals surface area contributed by atoms with Crippen LogP contribution in [0, 0.1) is 20.8 Å². The molecule has 12 heteroatoms. The van der Waals surface area contributed by atoms with Crippen LogP contribution in [0.1, 0.15) is 99.0 Å². The number of carbonyl (C=O) groups excluding carboxylic acids is 1. The second-order valence-corrected chi connectivity index (χ2v) is 21.8. The van der Waals surface area contributed by atoms with Gasteiger partial charge in [-0.15, -0.1) is 0 Å². The highest BCUT2D eigenvalue weighted by atomic mass is 32.2. The Morgan fingerprint density at radius 1 is 0.411 bits per heavy atom. The third-order valence-corrected chi connectivity index (χ3v) is 16.1. The molecule has 0 aliphatic heterocycles. The van der Waals surface area contributed by atoms with Gasteiger partial charge in [-0.1, -0.05) is 80.3 Å². The summed E-state index contributed by atoms with van der Waals surface area (Å²) in [5.74, 6) is 2.01. The predicted octanol–water partition coefficient (Wildman–Crippen LogP) is 16.4. The number of pyridine rings is 1. The highest BCUT2D eigenvalue weighted by Gasteiger charge is 2.17. The van der Waals surface area contributed by atoms with E-state index in [-0.39, 0.29) is 29.3 Å². The van der Waals surface area contributed by atoms with Crippen molar-refractivity contribution >= 4 is 52.9 Å². The normalized spacial score (nSPS) is 12.1. The predicted molar refractivity (Wildman–Crippen MR) is 298 cm³/mol. The molecular weight excluding hydrogens is 987 g/mol. The molecule has 9 aromatic rings. The number of aldehydes is 1. The second kappa shape index (κ2) is 25.0. The molecule has 2 aromatic heterocycles. The van der Waals surface area contributed by atoms with Gasteiger partial charge in [0.05, 0.1) is 0 Å². The summed E-state index contributed by atoms with van der Waals surface area (Å²) in [6.45, 7) is 11.9. The van der Waals surface area contributed by atoms with Crippen molar-refractivity contribution in [2.75, 3.05) is 0 Å². The number of aromatic nitrogens is 1. The molecule has 0 fully saturated rings. The fourth-order valence-corrected chi connectivity index (χ4v) is 11.5. The molecule has 73 heavy (non-hydrogen) atoms. The van der Waals surface area contributed by atoms with Gasteiger partial charge in [-0.2, -0.15) is 11.3 Å². The maximum atomic E-state index is 10.8. The zero-order valence-corrected chi connectivity index (χ0v) is 44.5. The number of aryl methyl sites for hydroxylation is 3. The Hall–Kier alpha value is -7.09. The van der Waals surface area contributed by atoms with Crippen LogP contribution in [-0.2, 0) is 0 Å². The summed E-state index contributed by atoms with van der Waals surface area (Å²) >= 11 is 6.49. The molecule has 3 atom stereocenters. The molecule has 0 spiro atoms. The fraction of sp³-hybridized carbons (Fsp3) is 0.148. The molecule has 0 amide bonds. The molecule has 0 aliphatic carbocycles. The molecule has 0 saturated carbocycles. The molecule has 0 bridgehead atoms. The SMILES string of the molecule is Cc1cc(Sc2ccc(O)c(C(C)c3ccc(C=O)cc3)c2)ccc1O.Cc1cc(Sc2ccc(O)c(C(C)c3ccncc3)c2)ccc1O.Cc1cc(Sc2ccc(O)c(C(C)c3ccsc3)c2)ccc1O. The van der Waals surface area contributed by atoms with Gasteiger partial charge in [0.15, 0.2) is 0 Å². The minimum atomic E-state index is -0.00203. The Morgan fingerprint density at radius 2 is 0.740 bits per heavy atom. The van der Waals surface area contributed by atoms with Gasteiger partial charge in [-0.05, 0) is 192 Å². The molecule has 372 valence electrons. The van der Waals surface area contributed by atoms with Crippen molar-refractivity contribution in [3.8, 4) is 34.5 Å². The van der Waals surface area contributed by atoms with E-state index in [1.165, 1.54) is 5.56 Å². The number of phenols is 6. The van der Waals surface area contributed by atoms with Crippen LogP contribution in [0.5, 0.6) is 34.5 Å². The van der Waals surface area contributed by atoms with Gasteiger partial charge in [0.1, 0.15) is 40.8 Å². The van der Waals surface area contributed by atoms with E-state index in [4.69, 9.17) is 0 Å². The van der Waals surface area contributed by atoms with E-state index in [9.17, 15) is 35.4 Å². The molecule has 9 rings (SSSR count). The average Bonchev–Trinajstić information content (AvgIpc) is 3.95. The van der Waals surface area contributed by atoms with Gasteiger partial charge >= 0.3 is 0 Å². The lowest BCUT2D eigenvalue weighted by Crippen LogP contribution is -1.97. The van der Waals surface area contributed by atoms with Crippen molar-refractivity contribution in [2.45, 2.75) is 88.7 Å². The van der Waals surface area contributed by atoms with Crippen molar-refractivity contribution in [3.63, 3.8) is 0 Å². The van der Waals surface area contributed by atoms with Gasteiger partial charge in [-0.25, -0.2) is 0 Å². The monoisotopic (exact) mass is 1040 g/mol. The largest absolute Gasteiger partial charge is 0.508 e. The molecule has 0 radical (unpaired) electrons. The van der Waals surface area contributed by atoms with Crippen molar-refractivity contribution < 1.29 is 35.4 Å². The summed E-state index contributed by atoms with van der Waals surface area (Å²) in [5.41, 5.74) is 9.21. The smallest absolute Gasteiger partial charge is 0.150 e. The first-order valence-corrected chi connectivity index (χ1v) is 26.8. The van der Waals surface area contributed by atoms with E-state index < -0.39 is 0 Å². The summed E-state index contributed by atoms with van der Waals surface area (Å²) in [5, 5.41) is 63.9. The zero-order chi connectivity index (χ0) is 52.2. The van der Waals surface area contributed by atoms with E-state index in [1.807, 2.05) is 125 Å². The Kier molecular flexibility index (Phi) is 18.4. The number of nitrogens with zero attached hydrogens (tertiary/aromatic N) is 1. The number of rotatable bonds is 13. The minimum Gasteiger partial charge on any atom is -0.508 e. The van der Waals surface area contributed by atoms with E-state index in [0.29, 0.717) is 28.6 Å². The molecule has 8 nitrogen and oxygen atoms in total. The minimum absolute atomic E-state index is 0.00203. The van der Waals surface area contributed by atoms with E-state index in [1.54, 1.807) is 108 Å². The first-order chi connectivity index (χ1) is 35.1. The lowest BCUT2D eigenvalue weighted by molar-refractivity contribution is 0.112. The molecule has 6 N–H and O–H groups in total. The van der Waals surface area contributed by atoms with Crippen LogP contribution in [0.25, 0.3) is 0 Å². The maximum Gasteiger partial charge on any atom is 0.150 e. The van der Waals surface area contributed by atoms with Gasteiger partial charge in [-0.3, -0.25) is 9.78 Å². The van der Waals surface area contributed by atoms with Crippen LogP contribution in [0.3, 0.4) is 0 Å². The Balaban J connectivity index is 0.000000161. The first-order valence-electron chi connectivity index (χ1n) is 23.4. The number of phenolic OH excluding ortho intramolecular Hbond substituents is 6. The van der Waals surface area contributed by atoms with Crippen molar-refractivity contribution in [1.29, 1.82) is 0 Å². The van der Waals surface area contributed by atoms with E-state index in [2.05, 4.69) is 35.7 Å². The fourth-order valence-electron chi connectivity index (χ4n) is 7.89. The first kappa shape index (κ1) is 53.7.